The van der Waals surface area contributed by atoms with Gasteiger partial charge >= 0.3 is 114 Å². The van der Waals surface area contributed by atoms with Crippen molar-refractivity contribution < 1.29 is 19.2 Å². The van der Waals surface area contributed by atoms with E-state index in [0.717, 1.165) is 0 Å². The molecule has 0 aliphatic heterocycles. The Hall–Kier alpha value is 0.299. The molecule has 0 N–H and O–H groups in total. The second-order valence-corrected chi connectivity index (χ2v) is 9.71. The van der Waals surface area contributed by atoms with Crippen molar-refractivity contribution in [2.24, 2.45) is 0 Å². The van der Waals surface area contributed by atoms with Crippen LogP contribution in [-0.2, 0) is 19.2 Å². The van der Waals surface area contributed by atoms with E-state index in [0.29, 0.717) is 0 Å². The van der Waals surface area contributed by atoms with E-state index in [1.807, 2.05) is 0 Å². The van der Waals surface area contributed by atoms with Gasteiger partial charge in [0.05, 0.1) is 0 Å². The summed E-state index contributed by atoms with van der Waals surface area (Å²) >= 11 is 9.32. The van der Waals surface area contributed by atoms with Gasteiger partial charge in [0.1, 0.15) is 0 Å². The van der Waals surface area contributed by atoms with Crippen molar-refractivity contribution in [1.82, 2.24) is 0 Å². The van der Waals surface area contributed by atoms with Crippen molar-refractivity contribution in [3.05, 3.63) is 0 Å². The van der Waals surface area contributed by atoms with Crippen LogP contribution in [0.4, 0.5) is 0 Å². The molecule has 0 amide bonds. The molecule has 0 fully saturated rings. The van der Waals surface area contributed by atoms with Gasteiger partial charge in [0.2, 0.25) is 0 Å². The standard InChI is InChI=1S/C8H8Cl2O4Se2/c9-5(11)1-3-7(13)15-16-8(14)4-2-6(10)12/h1-4H2. The second-order valence-electron chi connectivity index (χ2n) is 2.62. The summed E-state index contributed by atoms with van der Waals surface area (Å²) in [5.41, 5.74) is 0. The van der Waals surface area contributed by atoms with Crippen molar-refractivity contribution in [1.29, 1.82) is 0 Å². The van der Waals surface area contributed by atoms with E-state index in [4.69, 9.17) is 23.2 Å². The van der Waals surface area contributed by atoms with Gasteiger partial charge in [-0.3, -0.25) is 0 Å². The van der Waals surface area contributed by atoms with Crippen LogP contribution >= 0.6 is 23.2 Å². The fraction of sp³-hybridized carbons (Fsp3) is 0.500. The Kier molecular flexibility index (Phi) is 9.52. The summed E-state index contributed by atoms with van der Waals surface area (Å²) in [5, 5.41) is -1.09. The van der Waals surface area contributed by atoms with E-state index >= 15 is 0 Å². The SMILES string of the molecule is O=C(Cl)CCC(=O)[Se][Se]C(=O)CCC(=O)Cl. The Morgan fingerprint density at radius 2 is 1.00 bits per heavy atom. The van der Waals surface area contributed by atoms with E-state index in [1.165, 1.54) is 0 Å². The van der Waals surface area contributed by atoms with Crippen molar-refractivity contribution in [3.8, 4) is 0 Å². The molecule has 16 heavy (non-hydrogen) atoms. The van der Waals surface area contributed by atoms with E-state index in [1.54, 1.807) is 0 Å². The molecule has 0 rings (SSSR count). The zero-order valence-electron chi connectivity index (χ0n) is 8.03. The summed E-state index contributed by atoms with van der Waals surface area (Å²) in [4.78, 5) is 43.1. The molecule has 0 bridgehead atoms. The molecular formula is C8H8Cl2O4Se2. The third kappa shape index (κ3) is 10.8. The molecule has 0 aromatic carbocycles. The molecule has 0 atom stereocenters. The molecule has 0 aliphatic carbocycles. The molecule has 0 saturated carbocycles. The van der Waals surface area contributed by atoms with Gasteiger partial charge in [-0.05, 0) is 0 Å². The predicted molar refractivity (Wildman–Crippen MR) is 61.7 cm³/mol. The third-order valence-corrected chi connectivity index (χ3v) is 8.43. The Morgan fingerprint density at radius 1 is 0.688 bits per heavy atom. The maximum absolute atomic E-state index is 11.2. The summed E-state index contributed by atoms with van der Waals surface area (Å²) in [6.45, 7) is 0. The summed E-state index contributed by atoms with van der Waals surface area (Å²) in [6, 6.07) is 0. The predicted octanol–water partition coefficient (Wildman–Crippen LogP) is 0.454. The molecule has 8 heteroatoms. The van der Waals surface area contributed by atoms with E-state index in [9.17, 15) is 19.2 Å². The number of hydrogen-bond donors (Lipinski definition) is 0. The zero-order valence-corrected chi connectivity index (χ0v) is 13.0. The summed E-state index contributed by atoms with van der Waals surface area (Å²) in [5.74, 6) is 0. The van der Waals surface area contributed by atoms with Crippen LogP contribution in [-0.4, -0.2) is 46.1 Å². The summed E-state index contributed by atoms with van der Waals surface area (Å²) < 4.78 is -0.181. The van der Waals surface area contributed by atoms with Gasteiger partial charge in [0, 0.05) is 0 Å². The molecule has 0 heterocycles. The van der Waals surface area contributed by atoms with Crippen LogP contribution in [0.5, 0.6) is 0 Å². The van der Waals surface area contributed by atoms with Crippen molar-refractivity contribution in [2.45, 2.75) is 25.7 Å². The number of rotatable bonds is 9. The number of carbonyl (C=O) groups excluding carboxylic acids is 4. The first-order valence-electron chi connectivity index (χ1n) is 4.18. The van der Waals surface area contributed by atoms with Crippen molar-refractivity contribution in [3.63, 3.8) is 0 Å². The second kappa shape index (κ2) is 9.34. The first-order valence-corrected chi connectivity index (χ1v) is 11.0. The van der Waals surface area contributed by atoms with Crippen LogP contribution in [0.2, 0.25) is 0 Å². The van der Waals surface area contributed by atoms with Gasteiger partial charge in [-0.25, -0.2) is 0 Å². The van der Waals surface area contributed by atoms with E-state index < -0.39 is 36.7 Å². The van der Waals surface area contributed by atoms with Crippen molar-refractivity contribution in [2.75, 3.05) is 0 Å². The number of hydrogen-bond acceptors (Lipinski definition) is 4. The Balaban J connectivity index is 3.63. The average molecular weight is 397 g/mol. The van der Waals surface area contributed by atoms with Crippen LogP contribution in [0.25, 0.3) is 0 Å². The average Bonchev–Trinajstić information content (AvgIpc) is 2.20. The van der Waals surface area contributed by atoms with E-state index in [2.05, 4.69) is 0 Å². The first kappa shape index (κ1) is 16.3. The fourth-order valence-electron chi connectivity index (χ4n) is 0.577. The Morgan fingerprint density at radius 3 is 1.25 bits per heavy atom. The van der Waals surface area contributed by atoms with Gasteiger partial charge < -0.3 is 0 Å². The molecule has 0 aromatic heterocycles. The molecule has 0 spiro atoms. The monoisotopic (exact) mass is 398 g/mol. The zero-order chi connectivity index (χ0) is 12.6. The topological polar surface area (TPSA) is 68.3 Å². The van der Waals surface area contributed by atoms with Crippen LogP contribution in [0, 0.1) is 0 Å². The minimum absolute atomic E-state index is 0.0204. The van der Waals surface area contributed by atoms with E-state index in [-0.39, 0.29) is 35.0 Å². The van der Waals surface area contributed by atoms with Gasteiger partial charge in [0.15, 0.2) is 0 Å². The van der Waals surface area contributed by atoms with Crippen LogP contribution in [0.3, 0.4) is 0 Å². The third-order valence-electron chi connectivity index (χ3n) is 1.28. The molecule has 90 valence electrons. The fourth-order valence-corrected chi connectivity index (χ4v) is 5.78. The molecule has 0 aromatic rings. The molecule has 0 saturated heterocycles. The molecule has 0 aliphatic rings. The van der Waals surface area contributed by atoms with Gasteiger partial charge in [-0.15, -0.1) is 0 Å². The van der Waals surface area contributed by atoms with Crippen LogP contribution in [0.15, 0.2) is 0 Å². The van der Waals surface area contributed by atoms with Crippen LogP contribution < -0.4 is 0 Å². The van der Waals surface area contributed by atoms with Gasteiger partial charge in [-0.2, -0.15) is 0 Å². The normalized spacial score (nSPS) is 9.88. The molecular weight excluding hydrogens is 389 g/mol. The quantitative estimate of drug-likeness (QED) is 0.419. The first-order chi connectivity index (χ1) is 7.41. The molecule has 0 unspecified atom stereocenters. The Bertz CT molecular complexity index is 276. The molecule has 4 nitrogen and oxygen atoms in total. The summed E-state index contributed by atoms with van der Waals surface area (Å²) in [6.07, 6.45) is 0.247. The summed E-state index contributed by atoms with van der Waals surface area (Å²) in [7, 11) is 0. The van der Waals surface area contributed by atoms with Crippen LogP contribution in [0.1, 0.15) is 25.7 Å². The van der Waals surface area contributed by atoms with Crippen molar-refractivity contribution >= 4 is 69.3 Å². The minimum atomic E-state index is -0.546. The number of carbonyl (C=O) groups is 4. The van der Waals surface area contributed by atoms with Gasteiger partial charge in [-0.1, -0.05) is 0 Å². The Labute approximate surface area is 114 Å². The number of halogens is 2. The molecule has 0 radical (unpaired) electrons. The van der Waals surface area contributed by atoms with Gasteiger partial charge in [0.25, 0.3) is 0 Å². The maximum atomic E-state index is 11.2.